The van der Waals surface area contributed by atoms with Crippen molar-refractivity contribution in [2.45, 2.75) is 53.5 Å². The van der Waals surface area contributed by atoms with Crippen molar-refractivity contribution in [2.75, 3.05) is 19.6 Å². The fourth-order valence-electron chi connectivity index (χ4n) is 1.93. The zero-order chi connectivity index (χ0) is 13.1. The highest BCUT2D eigenvalue weighted by Gasteiger charge is 2.30. The maximum absolute atomic E-state index is 12.3. The molecule has 3 nitrogen and oxygen atoms in total. The number of hydrogen-bond donors (Lipinski definition) is 1. The maximum Gasteiger partial charge on any atom is 0.223 e. The first-order chi connectivity index (χ1) is 7.86. The summed E-state index contributed by atoms with van der Waals surface area (Å²) in [5, 5.41) is 3.24. The van der Waals surface area contributed by atoms with Crippen molar-refractivity contribution < 1.29 is 4.79 Å². The molecule has 1 aliphatic heterocycles. The van der Waals surface area contributed by atoms with Crippen LogP contribution in [0, 0.1) is 11.3 Å². The lowest BCUT2D eigenvalue weighted by atomic mass is 9.80. The molecule has 0 saturated carbocycles. The Hall–Kier alpha value is -0.570. The summed E-state index contributed by atoms with van der Waals surface area (Å²) in [6, 6.07) is 0.439. The van der Waals surface area contributed by atoms with E-state index in [4.69, 9.17) is 0 Å². The lowest BCUT2D eigenvalue weighted by Crippen LogP contribution is -2.59. The first kappa shape index (κ1) is 14.5. The van der Waals surface area contributed by atoms with Gasteiger partial charge in [0.2, 0.25) is 5.91 Å². The summed E-state index contributed by atoms with van der Waals surface area (Å²) in [4.78, 5) is 14.4. The van der Waals surface area contributed by atoms with E-state index < -0.39 is 0 Å². The summed E-state index contributed by atoms with van der Waals surface area (Å²) in [5.41, 5.74) is 0.214. The fraction of sp³-hybridized carbons (Fsp3) is 0.929. The zero-order valence-electron chi connectivity index (χ0n) is 12.0. The minimum absolute atomic E-state index is 0.214. The van der Waals surface area contributed by atoms with Crippen molar-refractivity contribution in [1.82, 2.24) is 10.2 Å². The van der Waals surface area contributed by atoms with Gasteiger partial charge in [0.15, 0.2) is 0 Å². The lowest BCUT2D eigenvalue weighted by molar-refractivity contribution is -0.136. The summed E-state index contributed by atoms with van der Waals surface area (Å²) >= 11 is 0. The van der Waals surface area contributed by atoms with Crippen LogP contribution in [0.2, 0.25) is 0 Å². The van der Waals surface area contributed by atoms with Crippen LogP contribution < -0.4 is 5.32 Å². The van der Waals surface area contributed by atoms with Crippen molar-refractivity contribution in [3.8, 4) is 0 Å². The molecular weight excluding hydrogens is 212 g/mol. The second-order valence-electron chi connectivity index (χ2n) is 6.37. The molecule has 1 amide bonds. The van der Waals surface area contributed by atoms with Gasteiger partial charge in [0, 0.05) is 26.1 Å². The van der Waals surface area contributed by atoms with E-state index in [1.807, 2.05) is 0 Å². The molecule has 17 heavy (non-hydrogen) atoms. The Balaban J connectivity index is 2.53. The summed E-state index contributed by atoms with van der Waals surface area (Å²) in [6.07, 6.45) is 1.73. The average Bonchev–Trinajstić information content (AvgIpc) is 2.12. The van der Waals surface area contributed by atoms with Crippen LogP contribution in [0.5, 0.6) is 0 Å². The van der Waals surface area contributed by atoms with E-state index in [0.717, 1.165) is 26.1 Å². The van der Waals surface area contributed by atoms with E-state index >= 15 is 0 Å². The van der Waals surface area contributed by atoms with E-state index in [-0.39, 0.29) is 5.41 Å². The van der Waals surface area contributed by atoms with Gasteiger partial charge in [-0.25, -0.2) is 0 Å². The molecule has 1 unspecified atom stereocenters. The molecule has 0 spiro atoms. The molecule has 1 saturated heterocycles. The second kappa shape index (κ2) is 5.85. The van der Waals surface area contributed by atoms with E-state index in [1.165, 1.54) is 0 Å². The van der Waals surface area contributed by atoms with Gasteiger partial charge in [-0.1, -0.05) is 34.6 Å². The Labute approximate surface area is 106 Å². The molecule has 0 aromatic heterocycles. The molecule has 0 aliphatic carbocycles. The van der Waals surface area contributed by atoms with Crippen LogP contribution in [0.15, 0.2) is 0 Å². The number of amides is 1. The maximum atomic E-state index is 12.3. The van der Waals surface area contributed by atoms with Crippen molar-refractivity contribution >= 4 is 5.91 Å². The highest BCUT2D eigenvalue weighted by Crippen LogP contribution is 2.28. The van der Waals surface area contributed by atoms with Crippen LogP contribution in [0.3, 0.4) is 0 Å². The van der Waals surface area contributed by atoms with Crippen LogP contribution in [0.25, 0.3) is 0 Å². The summed E-state index contributed by atoms with van der Waals surface area (Å²) in [5.74, 6) is 0.767. The van der Waals surface area contributed by atoms with Gasteiger partial charge >= 0.3 is 0 Å². The molecule has 1 atom stereocenters. The number of carbonyl (C=O) groups is 1. The zero-order valence-corrected chi connectivity index (χ0v) is 12.0. The monoisotopic (exact) mass is 240 g/mol. The Morgan fingerprint density at radius 2 is 2.00 bits per heavy atom. The number of carbonyl (C=O) groups excluding carboxylic acids is 1. The Bertz CT molecular complexity index is 253. The van der Waals surface area contributed by atoms with Crippen LogP contribution in [0.4, 0.5) is 0 Å². The highest BCUT2D eigenvalue weighted by atomic mass is 16.2. The standard InChI is InChI=1S/C14H28N2O/c1-6-7-16(12-9-15-10-12)13(17)8-11(2)14(3,4)5/h11-12,15H,6-10H2,1-5H3. The first-order valence-electron chi connectivity index (χ1n) is 6.86. The number of nitrogens with one attached hydrogen (secondary N) is 1. The van der Waals surface area contributed by atoms with Gasteiger partial charge < -0.3 is 10.2 Å². The molecule has 1 fully saturated rings. The second-order valence-corrected chi connectivity index (χ2v) is 6.37. The molecule has 0 aromatic carbocycles. The minimum atomic E-state index is 0.214. The van der Waals surface area contributed by atoms with Crippen LogP contribution >= 0.6 is 0 Å². The lowest BCUT2D eigenvalue weighted by Gasteiger charge is -2.39. The average molecular weight is 240 g/mol. The number of rotatable bonds is 5. The molecule has 3 heteroatoms. The van der Waals surface area contributed by atoms with Gasteiger partial charge in [-0.2, -0.15) is 0 Å². The molecule has 0 aromatic rings. The van der Waals surface area contributed by atoms with Crippen LogP contribution in [-0.2, 0) is 4.79 Å². The van der Waals surface area contributed by atoms with E-state index in [0.29, 0.717) is 24.3 Å². The molecule has 1 rings (SSSR count). The molecular formula is C14H28N2O. The topological polar surface area (TPSA) is 32.3 Å². The Morgan fingerprint density at radius 3 is 2.35 bits per heavy atom. The van der Waals surface area contributed by atoms with E-state index in [1.54, 1.807) is 0 Å². The predicted molar refractivity (Wildman–Crippen MR) is 71.9 cm³/mol. The predicted octanol–water partition coefficient (Wildman–Crippen LogP) is 2.27. The van der Waals surface area contributed by atoms with Crippen molar-refractivity contribution in [1.29, 1.82) is 0 Å². The third-order valence-electron chi connectivity index (χ3n) is 3.94. The molecule has 100 valence electrons. The van der Waals surface area contributed by atoms with Crippen LogP contribution in [0.1, 0.15) is 47.5 Å². The van der Waals surface area contributed by atoms with Crippen molar-refractivity contribution in [2.24, 2.45) is 11.3 Å². The van der Waals surface area contributed by atoms with Gasteiger partial charge in [-0.15, -0.1) is 0 Å². The van der Waals surface area contributed by atoms with Gasteiger partial charge in [0.25, 0.3) is 0 Å². The van der Waals surface area contributed by atoms with Crippen LogP contribution in [-0.4, -0.2) is 36.5 Å². The molecule has 1 N–H and O–H groups in total. The Kier molecular flexibility index (Phi) is 4.99. The fourth-order valence-corrected chi connectivity index (χ4v) is 1.93. The normalized spacial score (nSPS) is 18.6. The van der Waals surface area contributed by atoms with Gasteiger partial charge in [-0.3, -0.25) is 4.79 Å². The third-order valence-corrected chi connectivity index (χ3v) is 3.94. The molecule has 0 bridgehead atoms. The summed E-state index contributed by atoms with van der Waals surface area (Å²) in [7, 11) is 0. The molecule has 1 aliphatic rings. The van der Waals surface area contributed by atoms with Crippen molar-refractivity contribution in [3.63, 3.8) is 0 Å². The summed E-state index contributed by atoms with van der Waals surface area (Å²) in [6.45, 7) is 13.8. The quantitative estimate of drug-likeness (QED) is 0.799. The molecule has 0 radical (unpaired) electrons. The largest absolute Gasteiger partial charge is 0.337 e. The van der Waals surface area contributed by atoms with E-state index in [9.17, 15) is 4.79 Å². The van der Waals surface area contributed by atoms with Gasteiger partial charge in [0.05, 0.1) is 6.04 Å². The SMILES string of the molecule is CCCN(C(=O)CC(C)C(C)(C)C)C1CNC1. The van der Waals surface area contributed by atoms with Gasteiger partial charge in [-0.05, 0) is 17.8 Å². The molecule has 1 heterocycles. The minimum Gasteiger partial charge on any atom is -0.337 e. The third kappa shape index (κ3) is 3.98. The number of nitrogens with zero attached hydrogens (tertiary/aromatic N) is 1. The highest BCUT2D eigenvalue weighted by molar-refractivity contribution is 5.77. The van der Waals surface area contributed by atoms with Crippen molar-refractivity contribution in [3.05, 3.63) is 0 Å². The first-order valence-corrected chi connectivity index (χ1v) is 6.86. The van der Waals surface area contributed by atoms with E-state index in [2.05, 4.69) is 44.8 Å². The smallest absolute Gasteiger partial charge is 0.223 e. The Morgan fingerprint density at radius 1 is 1.41 bits per heavy atom. The summed E-state index contributed by atoms with van der Waals surface area (Å²) < 4.78 is 0. The number of hydrogen-bond acceptors (Lipinski definition) is 2. The van der Waals surface area contributed by atoms with Gasteiger partial charge in [0.1, 0.15) is 0 Å².